The first kappa shape index (κ1) is 13.7. The second-order valence-electron chi connectivity index (χ2n) is 4.32. The molecule has 7 heteroatoms. The Morgan fingerprint density at radius 2 is 2.10 bits per heavy atom. The van der Waals surface area contributed by atoms with E-state index in [4.69, 9.17) is 5.11 Å². The second kappa shape index (κ2) is 5.12. The summed E-state index contributed by atoms with van der Waals surface area (Å²) in [6.07, 6.45) is 1.37. The van der Waals surface area contributed by atoms with Crippen molar-refractivity contribution in [3.05, 3.63) is 67.7 Å². The van der Waals surface area contributed by atoms with Crippen LogP contribution in [0.3, 0.4) is 0 Å². The normalized spacial score (nSPS) is 10.5. The van der Waals surface area contributed by atoms with Gasteiger partial charge in [-0.2, -0.15) is 0 Å². The molecule has 0 radical (unpaired) electrons. The summed E-state index contributed by atoms with van der Waals surface area (Å²) >= 11 is 0. The van der Waals surface area contributed by atoms with Gasteiger partial charge in [-0.25, -0.2) is 14.0 Å². The van der Waals surface area contributed by atoms with Gasteiger partial charge in [0.15, 0.2) is 0 Å². The SMILES string of the molecule is Cc1cn(Cc2ccc(C(=O)O)c(F)c2)c(=O)[nH]c1=O. The first-order chi connectivity index (χ1) is 9.38. The van der Waals surface area contributed by atoms with Gasteiger partial charge in [0.2, 0.25) is 0 Å². The highest BCUT2D eigenvalue weighted by Crippen LogP contribution is 2.11. The van der Waals surface area contributed by atoms with Crippen LogP contribution in [0.15, 0.2) is 34.0 Å². The van der Waals surface area contributed by atoms with Gasteiger partial charge in [-0.3, -0.25) is 14.3 Å². The van der Waals surface area contributed by atoms with Crippen molar-refractivity contribution in [2.24, 2.45) is 0 Å². The predicted molar refractivity (Wildman–Crippen MR) is 68.5 cm³/mol. The molecule has 1 heterocycles. The van der Waals surface area contributed by atoms with Gasteiger partial charge < -0.3 is 5.11 Å². The number of rotatable bonds is 3. The van der Waals surface area contributed by atoms with Crippen molar-refractivity contribution < 1.29 is 14.3 Å². The number of aryl methyl sites for hydroxylation is 1. The number of nitrogens with one attached hydrogen (secondary N) is 1. The van der Waals surface area contributed by atoms with Crippen molar-refractivity contribution in [2.45, 2.75) is 13.5 Å². The average molecular weight is 278 g/mol. The number of nitrogens with zero attached hydrogens (tertiary/aromatic N) is 1. The van der Waals surface area contributed by atoms with E-state index in [1.165, 1.54) is 16.8 Å². The van der Waals surface area contributed by atoms with Crippen LogP contribution in [-0.2, 0) is 6.54 Å². The molecule has 0 saturated carbocycles. The van der Waals surface area contributed by atoms with Gasteiger partial charge in [-0.1, -0.05) is 6.07 Å². The predicted octanol–water partition coefficient (Wildman–Crippen LogP) is 0.731. The highest BCUT2D eigenvalue weighted by molar-refractivity contribution is 5.87. The van der Waals surface area contributed by atoms with E-state index in [2.05, 4.69) is 4.98 Å². The number of benzene rings is 1. The van der Waals surface area contributed by atoms with Crippen LogP contribution in [0.5, 0.6) is 0 Å². The van der Waals surface area contributed by atoms with Crippen molar-refractivity contribution in [2.75, 3.05) is 0 Å². The van der Waals surface area contributed by atoms with Crippen molar-refractivity contribution in [3.63, 3.8) is 0 Å². The number of aromatic nitrogens is 2. The highest BCUT2D eigenvalue weighted by Gasteiger charge is 2.11. The van der Waals surface area contributed by atoms with Gasteiger partial charge >= 0.3 is 11.7 Å². The maximum atomic E-state index is 13.5. The molecule has 2 aromatic rings. The van der Waals surface area contributed by atoms with E-state index in [1.807, 2.05) is 0 Å². The fraction of sp³-hybridized carbons (Fsp3) is 0.154. The zero-order valence-corrected chi connectivity index (χ0v) is 10.5. The molecule has 0 atom stereocenters. The Kier molecular flexibility index (Phi) is 3.51. The van der Waals surface area contributed by atoms with E-state index in [-0.39, 0.29) is 6.54 Å². The maximum absolute atomic E-state index is 13.5. The third-order valence-corrected chi connectivity index (χ3v) is 2.81. The summed E-state index contributed by atoms with van der Waals surface area (Å²) in [6.45, 7) is 1.58. The average Bonchev–Trinajstić information content (AvgIpc) is 2.35. The fourth-order valence-electron chi connectivity index (χ4n) is 1.76. The van der Waals surface area contributed by atoms with Gasteiger partial charge in [-0.05, 0) is 24.6 Å². The maximum Gasteiger partial charge on any atom is 0.338 e. The van der Waals surface area contributed by atoms with Crippen LogP contribution in [0.25, 0.3) is 0 Å². The lowest BCUT2D eigenvalue weighted by atomic mass is 10.1. The highest BCUT2D eigenvalue weighted by atomic mass is 19.1. The zero-order chi connectivity index (χ0) is 14.9. The number of carboxylic acids is 1. The van der Waals surface area contributed by atoms with Gasteiger partial charge in [0, 0.05) is 11.8 Å². The third kappa shape index (κ3) is 2.66. The van der Waals surface area contributed by atoms with E-state index < -0.39 is 28.6 Å². The Morgan fingerprint density at radius 3 is 2.70 bits per heavy atom. The van der Waals surface area contributed by atoms with Crippen LogP contribution >= 0.6 is 0 Å². The number of hydrogen-bond acceptors (Lipinski definition) is 3. The molecular weight excluding hydrogens is 267 g/mol. The van der Waals surface area contributed by atoms with Crippen LogP contribution < -0.4 is 11.2 Å². The van der Waals surface area contributed by atoms with Crippen LogP contribution in [0.1, 0.15) is 21.5 Å². The molecule has 104 valence electrons. The molecule has 0 saturated heterocycles. The monoisotopic (exact) mass is 278 g/mol. The van der Waals surface area contributed by atoms with E-state index in [0.29, 0.717) is 11.1 Å². The minimum absolute atomic E-state index is 0.0350. The lowest BCUT2D eigenvalue weighted by Crippen LogP contribution is -2.31. The van der Waals surface area contributed by atoms with Crippen molar-refractivity contribution in [1.82, 2.24) is 9.55 Å². The van der Waals surface area contributed by atoms with E-state index >= 15 is 0 Å². The molecule has 2 N–H and O–H groups in total. The number of H-pyrrole nitrogens is 1. The van der Waals surface area contributed by atoms with Crippen LogP contribution in [0, 0.1) is 12.7 Å². The van der Waals surface area contributed by atoms with Crippen LogP contribution in [0.4, 0.5) is 4.39 Å². The summed E-state index contributed by atoms with van der Waals surface area (Å²) in [7, 11) is 0. The molecule has 2 rings (SSSR count). The smallest absolute Gasteiger partial charge is 0.338 e. The Bertz CT molecular complexity index is 792. The summed E-state index contributed by atoms with van der Waals surface area (Å²) in [4.78, 5) is 35.6. The first-order valence-corrected chi connectivity index (χ1v) is 5.70. The van der Waals surface area contributed by atoms with Crippen molar-refractivity contribution in [1.29, 1.82) is 0 Å². The fourth-order valence-corrected chi connectivity index (χ4v) is 1.76. The standard InChI is InChI=1S/C13H11FN2O4/c1-7-5-16(13(20)15-11(7)17)6-8-2-3-9(12(18)19)10(14)4-8/h2-5H,6H2,1H3,(H,18,19)(H,15,17,20). The molecule has 1 aromatic carbocycles. The molecule has 0 aliphatic rings. The quantitative estimate of drug-likeness (QED) is 0.865. The summed E-state index contributed by atoms with van der Waals surface area (Å²) in [6, 6.07) is 3.60. The molecule has 20 heavy (non-hydrogen) atoms. The molecule has 0 bridgehead atoms. The number of halogens is 1. The first-order valence-electron chi connectivity index (χ1n) is 5.70. The largest absolute Gasteiger partial charge is 0.478 e. The Morgan fingerprint density at radius 1 is 1.40 bits per heavy atom. The summed E-state index contributed by atoms with van der Waals surface area (Å²) in [5.41, 5.74) is -0.742. The summed E-state index contributed by atoms with van der Waals surface area (Å²) < 4.78 is 14.7. The molecule has 0 amide bonds. The molecule has 1 aromatic heterocycles. The molecular formula is C13H11FN2O4. The minimum Gasteiger partial charge on any atom is -0.478 e. The number of carboxylic acid groups (broad SMARTS) is 1. The molecule has 0 aliphatic carbocycles. The third-order valence-electron chi connectivity index (χ3n) is 2.81. The number of hydrogen-bond donors (Lipinski definition) is 2. The zero-order valence-electron chi connectivity index (χ0n) is 10.5. The lowest BCUT2D eigenvalue weighted by Gasteiger charge is -2.07. The molecule has 0 fully saturated rings. The topological polar surface area (TPSA) is 92.2 Å². The number of aromatic carboxylic acids is 1. The van der Waals surface area contributed by atoms with Gasteiger partial charge in [0.1, 0.15) is 5.82 Å². The van der Waals surface area contributed by atoms with Crippen molar-refractivity contribution >= 4 is 5.97 Å². The Balaban J connectivity index is 2.38. The van der Waals surface area contributed by atoms with Crippen LogP contribution in [-0.4, -0.2) is 20.6 Å². The number of aromatic amines is 1. The second-order valence-corrected chi connectivity index (χ2v) is 4.32. The number of carbonyl (C=O) groups is 1. The molecule has 0 aliphatic heterocycles. The van der Waals surface area contributed by atoms with E-state index in [0.717, 1.165) is 12.1 Å². The van der Waals surface area contributed by atoms with E-state index in [9.17, 15) is 18.8 Å². The summed E-state index contributed by atoms with van der Waals surface area (Å²) in [5, 5.41) is 8.72. The Labute approximate surface area is 112 Å². The minimum atomic E-state index is -1.36. The summed E-state index contributed by atoms with van der Waals surface area (Å²) in [5.74, 6) is -2.23. The molecule has 6 nitrogen and oxygen atoms in total. The van der Waals surface area contributed by atoms with Gasteiger partial charge in [0.05, 0.1) is 12.1 Å². The Hall–Kier alpha value is -2.70. The van der Waals surface area contributed by atoms with Crippen LogP contribution in [0.2, 0.25) is 0 Å². The van der Waals surface area contributed by atoms with Crippen molar-refractivity contribution in [3.8, 4) is 0 Å². The van der Waals surface area contributed by atoms with Gasteiger partial charge in [0.25, 0.3) is 5.56 Å². The van der Waals surface area contributed by atoms with Gasteiger partial charge in [-0.15, -0.1) is 0 Å². The molecule has 0 spiro atoms. The van der Waals surface area contributed by atoms with E-state index in [1.54, 1.807) is 6.92 Å². The lowest BCUT2D eigenvalue weighted by molar-refractivity contribution is 0.0692. The molecule has 0 unspecified atom stereocenters.